The minimum absolute atomic E-state index is 0.706. The fourth-order valence-electron chi connectivity index (χ4n) is 1.50. The van der Waals surface area contributed by atoms with E-state index in [1.54, 1.807) is 7.11 Å². The van der Waals surface area contributed by atoms with E-state index in [-0.39, 0.29) is 0 Å². The van der Waals surface area contributed by atoms with Gasteiger partial charge in [-0.3, -0.25) is 0 Å². The fourth-order valence-corrected chi connectivity index (χ4v) is 1.50. The summed E-state index contributed by atoms with van der Waals surface area (Å²) in [6.45, 7) is 6.13. The van der Waals surface area contributed by atoms with Crippen LogP contribution in [0.25, 0.3) is 0 Å². The van der Waals surface area contributed by atoms with Gasteiger partial charge >= 0.3 is 0 Å². The largest absolute Gasteiger partial charge is 0.382 e. The summed E-state index contributed by atoms with van der Waals surface area (Å²) in [4.78, 5) is 0. The standard InChI is InChI=1S/C13H28O3/c1-3-15-10-8-6-4-5-7-9-11-16-13-12-14-2/h3-13H2,1-2H3. The van der Waals surface area contributed by atoms with Crippen molar-refractivity contribution in [1.82, 2.24) is 0 Å². The van der Waals surface area contributed by atoms with Crippen LogP contribution in [0.5, 0.6) is 0 Å². The van der Waals surface area contributed by atoms with E-state index in [0.717, 1.165) is 26.4 Å². The number of ether oxygens (including phenoxy) is 3. The van der Waals surface area contributed by atoms with Crippen LogP contribution in [0.4, 0.5) is 0 Å². The molecule has 0 amide bonds. The van der Waals surface area contributed by atoms with Gasteiger partial charge in [-0.1, -0.05) is 25.7 Å². The van der Waals surface area contributed by atoms with E-state index in [9.17, 15) is 0 Å². The zero-order valence-corrected chi connectivity index (χ0v) is 11.0. The maximum atomic E-state index is 5.39. The summed E-state index contributed by atoms with van der Waals surface area (Å²) in [5.41, 5.74) is 0. The van der Waals surface area contributed by atoms with Gasteiger partial charge in [0.15, 0.2) is 0 Å². The highest BCUT2D eigenvalue weighted by Crippen LogP contribution is 2.05. The molecular formula is C13H28O3. The molecule has 0 aliphatic heterocycles. The molecule has 0 rings (SSSR count). The molecule has 0 saturated carbocycles. The average molecular weight is 232 g/mol. The van der Waals surface area contributed by atoms with Crippen LogP contribution in [0.3, 0.4) is 0 Å². The van der Waals surface area contributed by atoms with Crippen LogP contribution in [-0.2, 0) is 14.2 Å². The molecule has 0 spiro atoms. The third-order valence-corrected chi connectivity index (χ3v) is 2.46. The Balaban J connectivity index is 2.83. The lowest BCUT2D eigenvalue weighted by atomic mass is 10.1. The molecule has 3 nitrogen and oxygen atoms in total. The van der Waals surface area contributed by atoms with Gasteiger partial charge in [-0.25, -0.2) is 0 Å². The quantitative estimate of drug-likeness (QED) is 0.457. The van der Waals surface area contributed by atoms with Crippen molar-refractivity contribution in [2.45, 2.75) is 45.4 Å². The molecule has 0 radical (unpaired) electrons. The molecule has 0 saturated heterocycles. The predicted molar refractivity (Wildman–Crippen MR) is 66.9 cm³/mol. The number of hydrogen-bond donors (Lipinski definition) is 0. The first-order valence-corrected chi connectivity index (χ1v) is 6.56. The second kappa shape index (κ2) is 14.9. The van der Waals surface area contributed by atoms with Gasteiger partial charge in [-0.15, -0.1) is 0 Å². The molecule has 0 aliphatic carbocycles. The highest BCUT2D eigenvalue weighted by Gasteiger charge is 1.92. The lowest BCUT2D eigenvalue weighted by Gasteiger charge is -2.04. The fraction of sp³-hybridized carbons (Fsp3) is 1.00. The lowest BCUT2D eigenvalue weighted by Crippen LogP contribution is -2.02. The number of methoxy groups -OCH3 is 1. The van der Waals surface area contributed by atoms with Crippen LogP contribution < -0.4 is 0 Å². The minimum atomic E-state index is 0.706. The number of hydrogen-bond acceptors (Lipinski definition) is 3. The monoisotopic (exact) mass is 232 g/mol. The molecule has 0 aromatic rings. The maximum Gasteiger partial charge on any atom is 0.0700 e. The van der Waals surface area contributed by atoms with Gasteiger partial charge in [0.25, 0.3) is 0 Å². The van der Waals surface area contributed by atoms with Crippen LogP contribution >= 0.6 is 0 Å². The Bertz CT molecular complexity index is 104. The van der Waals surface area contributed by atoms with E-state index in [2.05, 4.69) is 0 Å². The van der Waals surface area contributed by atoms with Crippen LogP contribution in [-0.4, -0.2) is 40.1 Å². The molecule has 0 fully saturated rings. The van der Waals surface area contributed by atoms with Crippen molar-refractivity contribution in [2.24, 2.45) is 0 Å². The highest BCUT2D eigenvalue weighted by molar-refractivity contribution is 4.45. The van der Waals surface area contributed by atoms with Gasteiger partial charge in [-0.05, 0) is 19.8 Å². The topological polar surface area (TPSA) is 27.7 Å². The maximum absolute atomic E-state index is 5.39. The third kappa shape index (κ3) is 13.9. The molecule has 0 heterocycles. The number of rotatable bonds is 13. The van der Waals surface area contributed by atoms with Gasteiger partial charge in [0.1, 0.15) is 0 Å². The Morgan fingerprint density at radius 2 is 1.19 bits per heavy atom. The van der Waals surface area contributed by atoms with E-state index in [0.29, 0.717) is 6.61 Å². The van der Waals surface area contributed by atoms with Gasteiger partial charge in [0.05, 0.1) is 13.2 Å². The van der Waals surface area contributed by atoms with Crippen molar-refractivity contribution < 1.29 is 14.2 Å². The zero-order valence-electron chi connectivity index (χ0n) is 11.0. The van der Waals surface area contributed by atoms with Crippen molar-refractivity contribution in [3.05, 3.63) is 0 Å². The molecule has 0 bridgehead atoms. The van der Waals surface area contributed by atoms with Crippen LogP contribution in [0.2, 0.25) is 0 Å². The van der Waals surface area contributed by atoms with Gasteiger partial charge in [0, 0.05) is 26.9 Å². The smallest absolute Gasteiger partial charge is 0.0700 e. The van der Waals surface area contributed by atoms with E-state index >= 15 is 0 Å². The Labute approximate surface area is 100 Å². The van der Waals surface area contributed by atoms with Gasteiger partial charge < -0.3 is 14.2 Å². The third-order valence-electron chi connectivity index (χ3n) is 2.46. The highest BCUT2D eigenvalue weighted by atomic mass is 16.5. The molecule has 16 heavy (non-hydrogen) atoms. The molecule has 0 aromatic carbocycles. The summed E-state index contributed by atoms with van der Waals surface area (Å²) in [5, 5.41) is 0. The van der Waals surface area contributed by atoms with Gasteiger partial charge in [-0.2, -0.15) is 0 Å². The normalized spacial score (nSPS) is 10.9. The van der Waals surface area contributed by atoms with E-state index < -0.39 is 0 Å². The van der Waals surface area contributed by atoms with Gasteiger partial charge in [0.2, 0.25) is 0 Å². The predicted octanol–water partition coefficient (Wildman–Crippen LogP) is 3.03. The van der Waals surface area contributed by atoms with Crippen LogP contribution in [0, 0.1) is 0 Å². The second-order valence-corrected chi connectivity index (χ2v) is 3.92. The molecule has 98 valence electrons. The van der Waals surface area contributed by atoms with Crippen molar-refractivity contribution in [1.29, 1.82) is 0 Å². The van der Waals surface area contributed by atoms with E-state index in [1.165, 1.54) is 38.5 Å². The van der Waals surface area contributed by atoms with E-state index in [4.69, 9.17) is 14.2 Å². The molecule has 0 N–H and O–H groups in total. The lowest BCUT2D eigenvalue weighted by molar-refractivity contribution is 0.0685. The summed E-state index contributed by atoms with van der Waals surface area (Å²) < 4.78 is 15.6. The number of unbranched alkanes of at least 4 members (excludes halogenated alkanes) is 5. The molecular weight excluding hydrogens is 204 g/mol. The first kappa shape index (κ1) is 15.9. The summed E-state index contributed by atoms with van der Waals surface area (Å²) in [5.74, 6) is 0. The molecule has 0 aromatic heterocycles. The zero-order chi connectivity index (χ0) is 11.9. The van der Waals surface area contributed by atoms with Crippen molar-refractivity contribution in [3.8, 4) is 0 Å². The van der Waals surface area contributed by atoms with E-state index in [1.807, 2.05) is 6.92 Å². The summed E-state index contributed by atoms with van der Waals surface area (Å²) in [7, 11) is 1.70. The average Bonchev–Trinajstić information content (AvgIpc) is 2.31. The molecule has 3 heteroatoms. The Morgan fingerprint density at radius 3 is 1.75 bits per heavy atom. The SMILES string of the molecule is CCOCCCCCCCCOCCOC. The van der Waals surface area contributed by atoms with Crippen molar-refractivity contribution >= 4 is 0 Å². The summed E-state index contributed by atoms with van der Waals surface area (Å²) in [6.07, 6.45) is 7.60. The van der Waals surface area contributed by atoms with Crippen molar-refractivity contribution in [2.75, 3.05) is 40.1 Å². The Kier molecular flexibility index (Phi) is 14.8. The van der Waals surface area contributed by atoms with Crippen molar-refractivity contribution in [3.63, 3.8) is 0 Å². The molecule has 0 unspecified atom stereocenters. The van der Waals surface area contributed by atoms with Crippen LogP contribution in [0.15, 0.2) is 0 Å². The van der Waals surface area contributed by atoms with Crippen LogP contribution in [0.1, 0.15) is 45.4 Å². The second-order valence-electron chi connectivity index (χ2n) is 3.92. The first-order chi connectivity index (χ1) is 7.91. The summed E-state index contributed by atoms with van der Waals surface area (Å²) in [6, 6.07) is 0. The molecule has 0 aliphatic rings. The Morgan fingerprint density at radius 1 is 0.625 bits per heavy atom. The minimum Gasteiger partial charge on any atom is -0.382 e. The first-order valence-electron chi connectivity index (χ1n) is 6.56. The Hall–Kier alpha value is -0.120. The molecule has 0 atom stereocenters. The summed E-state index contributed by atoms with van der Waals surface area (Å²) >= 11 is 0.